The highest BCUT2D eigenvalue weighted by Crippen LogP contribution is 2.32. The zero-order valence-electron chi connectivity index (χ0n) is 17.9. The molecule has 0 aliphatic carbocycles. The molecule has 3 heterocycles. The summed E-state index contributed by atoms with van der Waals surface area (Å²) < 4.78 is 50.4. The van der Waals surface area contributed by atoms with Crippen LogP contribution >= 0.6 is 34.3 Å². The van der Waals surface area contributed by atoms with Crippen LogP contribution in [0.2, 0.25) is 4.34 Å². The van der Waals surface area contributed by atoms with Crippen LogP contribution in [0.4, 0.5) is 4.39 Å². The summed E-state index contributed by atoms with van der Waals surface area (Å²) in [5.74, 6) is -0.969. The van der Waals surface area contributed by atoms with Crippen LogP contribution in [-0.2, 0) is 26.1 Å². The van der Waals surface area contributed by atoms with Gasteiger partial charge in [-0.15, -0.1) is 11.3 Å². The smallest absolute Gasteiger partial charge is 0.266 e. The van der Waals surface area contributed by atoms with Crippen LogP contribution in [0.5, 0.6) is 0 Å². The molecule has 4 rings (SSSR count). The van der Waals surface area contributed by atoms with E-state index in [2.05, 4.69) is 4.99 Å². The highest BCUT2D eigenvalue weighted by Gasteiger charge is 2.38. The average Bonchev–Trinajstić information content (AvgIpc) is 3.39. The summed E-state index contributed by atoms with van der Waals surface area (Å²) in [5.41, 5.74) is 0.357. The first-order chi connectivity index (χ1) is 15.8. The number of thiazole rings is 1. The van der Waals surface area contributed by atoms with Crippen LogP contribution in [-0.4, -0.2) is 49.0 Å². The Balaban J connectivity index is 1.73. The van der Waals surface area contributed by atoms with Gasteiger partial charge in [-0.2, -0.15) is 9.30 Å². The Kier molecular flexibility index (Phi) is 7.66. The van der Waals surface area contributed by atoms with Crippen molar-refractivity contribution in [3.05, 3.63) is 45.3 Å². The maximum absolute atomic E-state index is 14.6. The van der Waals surface area contributed by atoms with E-state index in [-0.39, 0.29) is 10.8 Å². The lowest BCUT2D eigenvalue weighted by molar-refractivity contribution is -0.122. The second-order valence-electron chi connectivity index (χ2n) is 7.46. The Hall–Kier alpha value is -1.63. The van der Waals surface area contributed by atoms with E-state index in [9.17, 15) is 17.6 Å². The van der Waals surface area contributed by atoms with Gasteiger partial charge in [0.2, 0.25) is 0 Å². The highest BCUT2D eigenvalue weighted by molar-refractivity contribution is 7.91. The van der Waals surface area contributed by atoms with Gasteiger partial charge >= 0.3 is 0 Å². The van der Waals surface area contributed by atoms with Crippen LogP contribution < -0.4 is 4.80 Å². The minimum absolute atomic E-state index is 0.0999. The number of rotatable bonds is 7. The van der Waals surface area contributed by atoms with Gasteiger partial charge in [-0.3, -0.25) is 4.79 Å². The fourth-order valence-corrected chi connectivity index (χ4v) is 8.18. The molecule has 0 unspecified atom stereocenters. The van der Waals surface area contributed by atoms with Crippen LogP contribution in [0.1, 0.15) is 26.2 Å². The quantitative estimate of drug-likeness (QED) is 0.426. The topological polar surface area (TPSA) is 81.0 Å². The first kappa shape index (κ1) is 24.5. The summed E-state index contributed by atoms with van der Waals surface area (Å²) in [6.07, 6.45) is 1.75. The molecule has 7 nitrogen and oxygen atoms in total. The van der Waals surface area contributed by atoms with Gasteiger partial charge in [0.1, 0.15) is 16.1 Å². The van der Waals surface area contributed by atoms with E-state index in [1.807, 2.05) is 6.92 Å². The Bertz CT molecular complexity index is 1330. The van der Waals surface area contributed by atoms with Gasteiger partial charge in [0.05, 0.1) is 21.2 Å². The van der Waals surface area contributed by atoms with E-state index in [0.717, 1.165) is 11.3 Å². The average molecular weight is 532 g/mol. The van der Waals surface area contributed by atoms with Gasteiger partial charge in [0.25, 0.3) is 15.9 Å². The van der Waals surface area contributed by atoms with Gasteiger partial charge < -0.3 is 9.30 Å². The molecule has 3 aromatic rings. The lowest BCUT2D eigenvalue weighted by Gasteiger charge is -2.31. The third kappa shape index (κ3) is 5.08. The molecule has 0 spiro atoms. The number of thiophene rings is 1. The summed E-state index contributed by atoms with van der Waals surface area (Å²) in [5, 5.41) is 0. The number of fused-ring (bicyclic) bond motifs is 1. The highest BCUT2D eigenvalue weighted by atomic mass is 35.5. The van der Waals surface area contributed by atoms with Gasteiger partial charge in [0, 0.05) is 19.7 Å². The van der Waals surface area contributed by atoms with Crippen molar-refractivity contribution in [1.29, 1.82) is 0 Å². The normalized spacial score (nSPS) is 18.3. The molecule has 178 valence electrons. The second kappa shape index (κ2) is 10.3. The number of sulfonamides is 1. The SMILES string of the molecule is CCOCCn1c(=NC(=O)[C@H]2CCCCN2S(=O)(=O)c2ccc(Cl)s2)sc2cccc(F)c21. The zero-order valence-corrected chi connectivity index (χ0v) is 21.1. The van der Waals surface area contributed by atoms with Gasteiger partial charge in [0.15, 0.2) is 4.80 Å². The maximum atomic E-state index is 14.6. The molecule has 1 aromatic carbocycles. The molecule has 1 amide bonds. The van der Waals surface area contributed by atoms with Crippen molar-refractivity contribution in [2.45, 2.75) is 43.0 Å². The minimum atomic E-state index is -3.88. The predicted molar refractivity (Wildman–Crippen MR) is 128 cm³/mol. The van der Waals surface area contributed by atoms with Crippen molar-refractivity contribution in [3.63, 3.8) is 0 Å². The molecule has 0 bridgehead atoms. The molecule has 0 N–H and O–H groups in total. The largest absolute Gasteiger partial charge is 0.380 e. The fraction of sp³-hybridized carbons (Fsp3) is 0.429. The van der Waals surface area contributed by atoms with Crippen LogP contribution in [0, 0.1) is 5.82 Å². The monoisotopic (exact) mass is 531 g/mol. The van der Waals surface area contributed by atoms with E-state index in [0.29, 0.717) is 58.4 Å². The Morgan fingerprint density at radius 3 is 2.82 bits per heavy atom. The number of para-hydroxylation sites is 1. The first-order valence-electron chi connectivity index (χ1n) is 10.5. The fourth-order valence-electron chi connectivity index (χ4n) is 3.84. The number of benzene rings is 1. The summed E-state index contributed by atoms with van der Waals surface area (Å²) in [4.78, 5) is 17.9. The van der Waals surface area contributed by atoms with Crippen molar-refractivity contribution in [2.24, 2.45) is 4.99 Å². The van der Waals surface area contributed by atoms with E-state index >= 15 is 0 Å². The third-order valence-electron chi connectivity index (χ3n) is 5.37. The first-order valence-corrected chi connectivity index (χ1v) is 14.0. The van der Waals surface area contributed by atoms with E-state index < -0.39 is 27.8 Å². The minimum Gasteiger partial charge on any atom is -0.380 e. The second-order valence-corrected chi connectivity index (χ2v) is 12.3. The number of hydrogen-bond donors (Lipinski definition) is 0. The van der Waals surface area contributed by atoms with Crippen molar-refractivity contribution in [3.8, 4) is 0 Å². The number of aromatic nitrogens is 1. The van der Waals surface area contributed by atoms with Gasteiger partial charge in [-0.1, -0.05) is 35.4 Å². The molecule has 33 heavy (non-hydrogen) atoms. The summed E-state index contributed by atoms with van der Waals surface area (Å²) >= 11 is 8.09. The molecule has 0 radical (unpaired) electrons. The van der Waals surface area contributed by atoms with Crippen molar-refractivity contribution >= 4 is 60.4 Å². The molecule has 1 fully saturated rings. The van der Waals surface area contributed by atoms with E-state index in [1.165, 1.54) is 33.8 Å². The van der Waals surface area contributed by atoms with Gasteiger partial charge in [-0.25, -0.2) is 12.8 Å². The molecule has 1 aliphatic heterocycles. The Labute approximate surface area is 204 Å². The number of carbonyl (C=O) groups is 1. The molecular weight excluding hydrogens is 509 g/mol. The maximum Gasteiger partial charge on any atom is 0.266 e. The van der Waals surface area contributed by atoms with Crippen LogP contribution in [0.15, 0.2) is 39.5 Å². The molecule has 0 saturated carbocycles. The molecule has 2 aromatic heterocycles. The van der Waals surface area contributed by atoms with Gasteiger partial charge in [-0.05, 0) is 44.0 Å². The molecule has 1 aliphatic rings. The lowest BCUT2D eigenvalue weighted by Crippen LogP contribution is -2.47. The molecule has 1 atom stereocenters. The number of carbonyl (C=O) groups excluding carboxylic acids is 1. The van der Waals surface area contributed by atoms with E-state index in [4.69, 9.17) is 16.3 Å². The Morgan fingerprint density at radius 1 is 1.27 bits per heavy atom. The number of ether oxygens (including phenoxy) is 1. The molecular formula is C21H23ClFN3O4S3. The number of piperidine rings is 1. The van der Waals surface area contributed by atoms with Crippen LogP contribution in [0.3, 0.4) is 0 Å². The summed E-state index contributed by atoms with van der Waals surface area (Å²) in [7, 11) is -3.88. The standard InChI is InChI=1S/C21H23ClFN3O4S3/c1-2-30-13-12-25-19-14(23)6-5-8-16(19)31-21(25)24-20(27)15-7-3-4-11-26(15)33(28,29)18-10-9-17(22)32-18/h5-6,8-10,15H,2-4,7,11-13H2,1H3/t15-/m1/s1. The molecule has 12 heteroatoms. The number of amides is 1. The summed E-state index contributed by atoms with van der Waals surface area (Å²) in [6.45, 7) is 3.26. The van der Waals surface area contributed by atoms with Crippen molar-refractivity contribution in [1.82, 2.24) is 8.87 Å². The predicted octanol–water partition coefficient (Wildman–Crippen LogP) is 4.26. The number of halogens is 2. The van der Waals surface area contributed by atoms with Crippen molar-refractivity contribution in [2.75, 3.05) is 19.8 Å². The van der Waals surface area contributed by atoms with Crippen LogP contribution in [0.25, 0.3) is 10.2 Å². The molecule has 1 saturated heterocycles. The zero-order chi connectivity index (χ0) is 23.6. The van der Waals surface area contributed by atoms with Crippen molar-refractivity contribution < 1.29 is 22.3 Å². The Morgan fingerprint density at radius 2 is 2.09 bits per heavy atom. The summed E-state index contributed by atoms with van der Waals surface area (Å²) in [6, 6.07) is 6.79. The number of hydrogen-bond acceptors (Lipinski definition) is 6. The lowest BCUT2D eigenvalue weighted by atomic mass is 10.0. The number of nitrogens with zero attached hydrogens (tertiary/aromatic N) is 3. The third-order valence-corrected chi connectivity index (χ3v) is 10.0. The van der Waals surface area contributed by atoms with E-state index in [1.54, 1.807) is 16.7 Å².